The highest BCUT2D eigenvalue weighted by Gasteiger charge is 2.56. The molecule has 464 valence electrons. The number of carbonyl (C=O) groups excluding carboxylic acids is 4. The van der Waals surface area contributed by atoms with Crippen molar-refractivity contribution in [2.24, 2.45) is 0 Å². The second-order valence-corrected chi connectivity index (χ2v) is 24.7. The number of carbonyl (C=O) groups is 4. The number of phenols is 3. The van der Waals surface area contributed by atoms with Crippen molar-refractivity contribution < 1.29 is 106 Å². The van der Waals surface area contributed by atoms with Crippen LogP contribution >= 0.6 is 0 Å². The van der Waals surface area contributed by atoms with Crippen LogP contribution < -0.4 is 0 Å². The third-order valence-electron chi connectivity index (χ3n) is 18.7. The molecule has 2 aliphatic carbocycles. The Labute approximate surface area is 488 Å². The quantitative estimate of drug-likeness (QED) is 0.151. The van der Waals surface area contributed by atoms with Crippen LogP contribution in [0.5, 0.6) is 17.2 Å². The van der Waals surface area contributed by atoms with Gasteiger partial charge in [-0.2, -0.15) is 0 Å². The van der Waals surface area contributed by atoms with Gasteiger partial charge in [-0.15, -0.1) is 0 Å². The number of ether oxygens (including phenoxy) is 13. The Hall–Kier alpha value is -4.16. The summed E-state index contributed by atoms with van der Waals surface area (Å²) >= 11 is 0. The third kappa shape index (κ3) is 11.4. The predicted molar refractivity (Wildman–Crippen MR) is 290 cm³/mol. The van der Waals surface area contributed by atoms with Gasteiger partial charge in [0.15, 0.2) is 55.1 Å². The first-order valence-electron chi connectivity index (χ1n) is 29.7. The number of ketones is 4. The molecule has 0 unspecified atom stereocenters. The lowest BCUT2D eigenvalue weighted by Crippen LogP contribution is -2.62. The lowest BCUT2D eigenvalue weighted by atomic mass is 9.70. The zero-order valence-electron chi connectivity index (χ0n) is 49.4. The summed E-state index contributed by atoms with van der Waals surface area (Å²) < 4.78 is 83.6. The van der Waals surface area contributed by atoms with Crippen molar-refractivity contribution in [3.8, 4) is 17.2 Å². The lowest BCUT2D eigenvalue weighted by Gasteiger charge is -2.51. The first kappa shape index (κ1) is 61.5. The minimum absolute atomic E-state index is 0.00431. The van der Waals surface area contributed by atoms with Crippen molar-refractivity contribution in [2.45, 2.75) is 253 Å². The van der Waals surface area contributed by atoms with Crippen molar-refractivity contribution >= 4 is 23.1 Å². The fraction of sp³-hybridized carbons (Fsp3) is 0.733. The van der Waals surface area contributed by atoms with E-state index in [1.54, 1.807) is 34.6 Å². The molecular weight excluding hydrogens is 1100 g/mol. The Morgan fingerprint density at radius 3 is 1.76 bits per heavy atom. The molecule has 2 aromatic carbocycles. The van der Waals surface area contributed by atoms with Gasteiger partial charge in [0, 0.05) is 80.1 Å². The van der Waals surface area contributed by atoms with Gasteiger partial charge in [-0.1, -0.05) is 19.1 Å². The Bertz CT molecular complexity index is 2810. The molecule has 84 heavy (non-hydrogen) atoms. The molecule has 0 saturated carbocycles. The fourth-order valence-corrected chi connectivity index (χ4v) is 14.0. The number of benzene rings is 2. The average molecular weight is 1180 g/mol. The van der Waals surface area contributed by atoms with Gasteiger partial charge >= 0.3 is 0 Å². The van der Waals surface area contributed by atoms with E-state index in [1.165, 1.54) is 18.2 Å². The van der Waals surface area contributed by atoms with Crippen LogP contribution in [0.4, 0.5) is 0 Å². The van der Waals surface area contributed by atoms with E-state index >= 15 is 0 Å². The molecular formula is C60H82N2O22. The molecule has 24 nitrogen and oxygen atoms in total. The molecule has 7 heterocycles. The van der Waals surface area contributed by atoms with Crippen molar-refractivity contribution in [3.05, 3.63) is 51.6 Å². The van der Waals surface area contributed by atoms with E-state index in [-0.39, 0.29) is 78.4 Å². The SMILES string of the molecule is CC[C@@]1(O)C[C@H](O[C@H]2C[C@H](N(C)C)[C@H](O[C@H]3C[C@@H]4O[C@H]5CC(=O)[C@H](C)O[C@H]5O[C@@H]4[C@H](C)O3)[C@H](C)O2)c2c(O)c3c(c(O)c2[C@H]1O[C@H]1C[C@H](N(C)C)[C@H](O[C@H]2C[C@H](O)[C@H](O[C@H]4CCC(=O)[C@H](C)O4)[C@H](C)O2)[C@H](C)O1)C(=O)c1cccc(O)c1C3=O. The minimum Gasteiger partial charge on any atom is -0.507 e. The van der Waals surface area contributed by atoms with Crippen molar-refractivity contribution in [1.29, 1.82) is 0 Å². The van der Waals surface area contributed by atoms with E-state index in [2.05, 4.69) is 0 Å². The van der Waals surface area contributed by atoms with Gasteiger partial charge in [0.1, 0.15) is 66.1 Å². The summed E-state index contributed by atoms with van der Waals surface area (Å²) in [5.41, 5.74) is -3.85. The summed E-state index contributed by atoms with van der Waals surface area (Å²) in [6.07, 6.45) is -14.9. The molecule has 0 spiro atoms. The zero-order valence-corrected chi connectivity index (χ0v) is 49.4. The van der Waals surface area contributed by atoms with Crippen LogP contribution in [0.2, 0.25) is 0 Å². The monoisotopic (exact) mass is 1180 g/mol. The normalized spacial score (nSPS) is 42.5. The van der Waals surface area contributed by atoms with Gasteiger partial charge in [-0.25, -0.2) is 0 Å². The number of aliphatic hydroxyl groups excluding tert-OH is 1. The van der Waals surface area contributed by atoms with E-state index in [0.717, 1.165) is 0 Å². The molecule has 0 bridgehead atoms. The first-order chi connectivity index (χ1) is 39.8. The highest BCUT2D eigenvalue weighted by atomic mass is 16.8. The third-order valence-corrected chi connectivity index (χ3v) is 18.7. The van der Waals surface area contributed by atoms with Crippen LogP contribution in [-0.2, 0) is 71.2 Å². The summed E-state index contributed by atoms with van der Waals surface area (Å²) in [6, 6.07) is 3.17. The summed E-state index contributed by atoms with van der Waals surface area (Å²) in [6.45, 7) is 12.4. The smallest absolute Gasteiger partial charge is 0.202 e. The zero-order chi connectivity index (χ0) is 60.1. The molecule has 0 amide bonds. The van der Waals surface area contributed by atoms with Crippen LogP contribution in [0.1, 0.15) is 161 Å². The topological polar surface area (TPSA) is 296 Å². The van der Waals surface area contributed by atoms with E-state index in [1.807, 2.05) is 51.8 Å². The van der Waals surface area contributed by atoms with Crippen LogP contribution in [-0.4, -0.2) is 221 Å². The molecule has 11 rings (SSSR count). The standard InChI is InChI=1S/C60H82N2O22/c1-12-60(71)23-39(79-41-18-31(61(8)9)55(26(4)73-41)82-44-22-37-57(29(7)76-44)84-59-38(78-37)20-35(65)25(3)77-59)46-49(53(70)47-48(52(46)69)51(68)45-30(50(47)67)14-13-15-34(45)64)58(60)83-42-19-32(62(10)11)54(27(5)74-42)81-43-21-36(66)56(28(6)75-43)80-40-17-16-33(63)24(2)72-40/h13-15,24-29,31-32,36-44,54-59,64,66,69-71H,12,16-23H2,1-11H3/t24-,25-,26-,27-,28-,29-,31-,32-,36-,37-,38-,39-,40-,41-,42-,43-,44-,54+,55+,56+,57+,58+,59-,60+/m0/s1. The molecule has 7 aliphatic heterocycles. The molecule has 9 aliphatic rings. The average Bonchev–Trinajstić information content (AvgIpc) is 0.779. The number of rotatable bonds is 13. The number of nitrogens with zero attached hydrogens (tertiary/aromatic N) is 2. The number of aromatic hydroxyl groups is 3. The molecule has 0 aromatic heterocycles. The Morgan fingerprint density at radius 2 is 1.14 bits per heavy atom. The van der Waals surface area contributed by atoms with Crippen molar-refractivity contribution in [2.75, 3.05) is 28.2 Å². The molecule has 7 fully saturated rings. The number of likely N-dealkylation sites (N-methyl/N-ethyl adjacent to an activating group) is 2. The number of fused-ring (bicyclic) bond motifs is 5. The largest absolute Gasteiger partial charge is 0.507 e. The van der Waals surface area contributed by atoms with Gasteiger partial charge in [-0.3, -0.25) is 19.2 Å². The lowest BCUT2D eigenvalue weighted by molar-refractivity contribution is -0.371. The maximum absolute atomic E-state index is 14.6. The fourth-order valence-electron chi connectivity index (χ4n) is 14.0. The van der Waals surface area contributed by atoms with Crippen LogP contribution in [0.25, 0.3) is 0 Å². The number of hydrogen-bond donors (Lipinski definition) is 5. The maximum atomic E-state index is 14.6. The van der Waals surface area contributed by atoms with E-state index in [9.17, 15) is 44.7 Å². The Kier molecular flexibility index (Phi) is 17.6. The van der Waals surface area contributed by atoms with Crippen LogP contribution in [0.15, 0.2) is 18.2 Å². The number of Topliss-reactive ketones (excluding diaryl/α,β-unsaturated/α-hetero) is 2. The van der Waals surface area contributed by atoms with E-state index < -0.39 is 181 Å². The van der Waals surface area contributed by atoms with Gasteiger partial charge in [0.25, 0.3) is 0 Å². The Morgan fingerprint density at radius 1 is 0.583 bits per heavy atom. The van der Waals surface area contributed by atoms with Gasteiger partial charge in [0.2, 0.25) is 5.78 Å². The van der Waals surface area contributed by atoms with E-state index in [0.29, 0.717) is 19.3 Å². The van der Waals surface area contributed by atoms with Crippen molar-refractivity contribution in [1.82, 2.24) is 9.80 Å². The number of aliphatic hydroxyl groups is 2. The van der Waals surface area contributed by atoms with Gasteiger partial charge in [-0.05, 0) is 82.2 Å². The molecule has 24 heteroatoms. The first-order valence-corrected chi connectivity index (χ1v) is 29.7. The predicted octanol–water partition coefficient (Wildman–Crippen LogP) is 4.11. The summed E-state index contributed by atoms with van der Waals surface area (Å²) in [4.78, 5) is 57.7. The molecule has 7 saturated heterocycles. The van der Waals surface area contributed by atoms with Crippen LogP contribution in [0, 0.1) is 0 Å². The highest BCUT2D eigenvalue weighted by molar-refractivity contribution is 6.31. The van der Waals surface area contributed by atoms with Gasteiger partial charge < -0.3 is 96.9 Å². The molecule has 24 atom stereocenters. The number of hydrogen-bond acceptors (Lipinski definition) is 24. The van der Waals surface area contributed by atoms with Gasteiger partial charge in [0.05, 0.1) is 65.0 Å². The molecule has 5 N–H and O–H groups in total. The summed E-state index contributed by atoms with van der Waals surface area (Å²) in [5, 5.41) is 60.8. The maximum Gasteiger partial charge on any atom is 0.202 e. The summed E-state index contributed by atoms with van der Waals surface area (Å²) in [5.74, 6) is -3.77. The second kappa shape index (κ2) is 24.1. The summed E-state index contributed by atoms with van der Waals surface area (Å²) in [7, 11) is 7.50. The molecule has 2 aromatic rings. The van der Waals surface area contributed by atoms with Crippen LogP contribution in [0.3, 0.4) is 0 Å². The van der Waals surface area contributed by atoms with E-state index in [4.69, 9.17) is 61.6 Å². The highest BCUT2D eigenvalue weighted by Crippen LogP contribution is 2.58. The second-order valence-electron chi connectivity index (χ2n) is 24.7. The molecule has 0 radical (unpaired) electrons. The Balaban J connectivity index is 0.846. The minimum atomic E-state index is -1.90. The van der Waals surface area contributed by atoms with Crippen molar-refractivity contribution in [3.63, 3.8) is 0 Å². The number of phenolic OH excluding ortho intramolecular Hbond substituents is 3.